The summed E-state index contributed by atoms with van der Waals surface area (Å²) in [6.07, 6.45) is 5.69. The lowest BCUT2D eigenvalue weighted by molar-refractivity contribution is 0.179. The Bertz CT molecular complexity index is 2820. The maximum Gasteiger partial charge on any atom is 0.131 e. The predicted molar refractivity (Wildman–Crippen MR) is 250 cm³/mol. The molecule has 0 saturated heterocycles. The summed E-state index contributed by atoms with van der Waals surface area (Å²) in [6, 6.07) is 51.3. The van der Waals surface area contributed by atoms with Crippen LogP contribution in [0, 0.1) is 19.8 Å². The normalized spacial score (nSPS) is 11.8. The summed E-state index contributed by atoms with van der Waals surface area (Å²) in [7, 11) is 0. The van der Waals surface area contributed by atoms with Crippen molar-refractivity contribution in [3.05, 3.63) is 181 Å². The molecule has 0 saturated carbocycles. The molecule has 8 aromatic carbocycles. The monoisotopic (exact) mass is 788 g/mol. The molecular formula is C56H52O4. The highest BCUT2D eigenvalue weighted by atomic mass is 16.5. The number of para-hydroxylation sites is 3. The first-order chi connectivity index (χ1) is 29.4. The standard InChI is InChI=1S/C56H52O4/c1-5-7-17-39-30-33-52(50(34-39)47-24-15-26-49(56(47)58)54-38(4)29-32-42-19-9-11-21-44(42)54)60-36-40(16-6-2)35-59-51-27-13-12-22-45(51)46-23-14-25-48(55(46)57)53-37(3)28-31-41-18-8-10-20-43(41)53/h6,8-15,18-34,40,57-58H,2,5,7,16-17,35-36H2,1,3-4H3. The number of hydrogen-bond acceptors (Lipinski definition) is 4. The lowest BCUT2D eigenvalue weighted by atomic mass is 9.90. The molecule has 300 valence electrons. The van der Waals surface area contributed by atoms with Gasteiger partial charge in [0.15, 0.2) is 0 Å². The highest BCUT2D eigenvalue weighted by Gasteiger charge is 2.21. The van der Waals surface area contributed by atoms with Gasteiger partial charge in [-0.3, -0.25) is 0 Å². The molecule has 0 aliphatic carbocycles. The molecular weight excluding hydrogens is 737 g/mol. The minimum absolute atomic E-state index is 0.0281. The molecule has 60 heavy (non-hydrogen) atoms. The number of hydrogen-bond donors (Lipinski definition) is 2. The van der Waals surface area contributed by atoms with Crippen molar-refractivity contribution in [2.24, 2.45) is 5.92 Å². The van der Waals surface area contributed by atoms with Crippen LogP contribution in [0.3, 0.4) is 0 Å². The van der Waals surface area contributed by atoms with Crippen molar-refractivity contribution in [3.8, 4) is 67.5 Å². The van der Waals surface area contributed by atoms with Crippen LogP contribution in [0.5, 0.6) is 23.0 Å². The molecule has 4 nitrogen and oxygen atoms in total. The smallest absolute Gasteiger partial charge is 0.131 e. The fourth-order valence-electron chi connectivity index (χ4n) is 8.50. The van der Waals surface area contributed by atoms with Gasteiger partial charge in [0.2, 0.25) is 0 Å². The molecule has 8 aromatic rings. The Morgan fingerprint density at radius 2 is 1.03 bits per heavy atom. The van der Waals surface area contributed by atoms with E-state index in [0.29, 0.717) is 36.7 Å². The summed E-state index contributed by atoms with van der Waals surface area (Å²) < 4.78 is 13.3. The van der Waals surface area contributed by atoms with Gasteiger partial charge in [0.1, 0.15) is 23.0 Å². The number of allylic oxidation sites excluding steroid dienone is 1. The second-order valence-corrected chi connectivity index (χ2v) is 15.8. The van der Waals surface area contributed by atoms with E-state index < -0.39 is 0 Å². The van der Waals surface area contributed by atoms with Crippen LogP contribution in [0.2, 0.25) is 0 Å². The lowest BCUT2D eigenvalue weighted by Crippen LogP contribution is -2.20. The first-order valence-corrected chi connectivity index (χ1v) is 21.1. The number of ether oxygens (including phenoxy) is 2. The Hall–Kier alpha value is -6.78. The molecule has 0 heterocycles. The number of fused-ring (bicyclic) bond motifs is 2. The van der Waals surface area contributed by atoms with E-state index in [1.54, 1.807) is 0 Å². The summed E-state index contributed by atoms with van der Waals surface area (Å²) in [5.74, 6) is 1.81. The van der Waals surface area contributed by atoms with Crippen molar-refractivity contribution >= 4 is 21.5 Å². The third-order valence-electron chi connectivity index (χ3n) is 11.7. The summed E-state index contributed by atoms with van der Waals surface area (Å²) in [5.41, 5.74) is 10.2. The lowest BCUT2D eigenvalue weighted by Gasteiger charge is -2.21. The second-order valence-electron chi connectivity index (χ2n) is 15.8. The number of phenolic OH excluding ortho intramolecular Hbond substituents is 2. The van der Waals surface area contributed by atoms with Crippen LogP contribution in [-0.2, 0) is 6.42 Å². The van der Waals surface area contributed by atoms with Crippen LogP contribution in [0.15, 0.2) is 164 Å². The van der Waals surface area contributed by atoms with Crippen molar-refractivity contribution in [2.75, 3.05) is 13.2 Å². The van der Waals surface area contributed by atoms with Crippen molar-refractivity contribution in [1.29, 1.82) is 0 Å². The maximum absolute atomic E-state index is 12.1. The van der Waals surface area contributed by atoms with Crippen molar-refractivity contribution in [1.82, 2.24) is 0 Å². The van der Waals surface area contributed by atoms with Crippen molar-refractivity contribution < 1.29 is 19.7 Å². The third-order valence-corrected chi connectivity index (χ3v) is 11.7. The highest BCUT2D eigenvalue weighted by Crippen LogP contribution is 2.46. The largest absolute Gasteiger partial charge is 0.507 e. The van der Waals surface area contributed by atoms with Crippen LogP contribution < -0.4 is 9.47 Å². The molecule has 1 unspecified atom stereocenters. The summed E-state index contributed by atoms with van der Waals surface area (Å²) in [6.45, 7) is 11.2. The molecule has 2 N–H and O–H groups in total. The van der Waals surface area contributed by atoms with E-state index in [9.17, 15) is 10.2 Å². The first kappa shape index (κ1) is 40.0. The van der Waals surface area contributed by atoms with Crippen molar-refractivity contribution in [2.45, 2.75) is 46.5 Å². The zero-order chi connectivity index (χ0) is 41.6. The number of phenols is 2. The predicted octanol–water partition coefficient (Wildman–Crippen LogP) is 14.7. The van der Waals surface area contributed by atoms with E-state index in [1.807, 2.05) is 97.1 Å². The summed E-state index contributed by atoms with van der Waals surface area (Å²) >= 11 is 0. The number of benzene rings is 8. The Balaban J connectivity index is 1.08. The fourth-order valence-corrected chi connectivity index (χ4v) is 8.50. The van der Waals surface area contributed by atoms with Crippen LogP contribution in [0.1, 0.15) is 42.9 Å². The zero-order valence-electron chi connectivity index (χ0n) is 34.7. The van der Waals surface area contributed by atoms with E-state index in [1.165, 1.54) is 5.56 Å². The maximum atomic E-state index is 12.1. The number of aromatic hydroxyl groups is 2. The second kappa shape index (κ2) is 18.0. The molecule has 8 rings (SSSR count). The Morgan fingerprint density at radius 3 is 1.62 bits per heavy atom. The van der Waals surface area contributed by atoms with Gasteiger partial charge in [0, 0.05) is 39.3 Å². The average molecular weight is 789 g/mol. The molecule has 0 fully saturated rings. The summed E-state index contributed by atoms with van der Waals surface area (Å²) in [5, 5.41) is 28.5. The number of unbranched alkanes of at least 4 members (excludes halogenated alkanes) is 1. The molecule has 0 radical (unpaired) electrons. The molecule has 0 aliphatic heterocycles. The van der Waals surface area contributed by atoms with Crippen LogP contribution in [-0.4, -0.2) is 23.4 Å². The van der Waals surface area contributed by atoms with Crippen molar-refractivity contribution in [3.63, 3.8) is 0 Å². The number of aryl methyl sites for hydroxylation is 3. The Labute approximate surface area is 354 Å². The molecule has 0 aromatic heterocycles. The van der Waals surface area contributed by atoms with Gasteiger partial charge in [-0.2, -0.15) is 0 Å². The van der Waals surface area contributed by atoms with E-state index in [0.717, 1.165) is 90.9 Å². The molecule has 1 atom stereocenters. The zero-order valence-corrected chi connectivity index (χ0v) is 34.7. The van der Waals surface area contributed by atoms with Crippen LogP contribution >= 0.6 is 0 Å². The van der Waals surface area contributed by atoms with Gasteiger partial charge in [-0.1, -0.05) is 153 Å². The van der Waals surface area contributed by atoms with E-state index in [-0.39, 0.29) is 17.4 Å². The molecule has 0 bridgehead atoms. The molecule has 4 heteroatoms. The van der Waals surface area contributed by atoms with E-state index in [2.05, 4.69) is 88.0 Å². The quantitative estimate of drug-likeness (QED) is 0.102. The van der Waals surface area contributed by atoms with Gasteiger partial charge < -0.3 is 19.7 Å². The Kier molecular flexibility index (Phi) is 12.0. The molecule has 0 amide bonds. The fraction of sp³-hybridized carbons (Fsp3) is 0.179. The molecule has 0 aliphatic rings. The first-order valence-electron chi connectivity index (χ1n) is 21.1. The third kappa shape index (κ3) is 8.11. The topological polar surface area (TPSA) is 58.9 Å². The van der Waals surface area contributed by atoms with Gasteiger partial charge in [-0.05, 0) is 101 Å². The molecule has 0 spiro atoms. The SMILES string of the molecule is C=CCC(COc1ccccc1-c1cccc(-c2c(C)ccc3ccccc23)c1O)COc1ccc(CCCC)cc1-c1cccc(-c2c(C)ccc3ccccc23)c1O. The Morgan fingerprint density at radius 1 is 0.533 bits per heavy atom. The average Bonchev–Trinajstić information content (AvgIpc) is 3.27. The van der Waals surface area contributed by atoms with Gasteiger partial charge >= 0.3 is 0 Å². The summed E-state index contributed by atoms with van der Waals surface area (Å²) in [4.78, 5) is 0. The minimum Gasteiger partial charge on any atom is -0.507 e. The highest BCUT2D eigenvalue weighted by molar-refractivity contribution is 6.02. The van der Waals surface area contributed by atoms with E-state index in [4.69, 9.17) is 9.47 Å². The van der Waals surface area contributed by atoms with Crippen LogP contribution in [0.4, 0.5) is 0 Å². The van der Waals surface area contributed by atoms with Gasteiger partial charge in [0.25, 0.3) is 0 Å². The van der Waals surface area contributed by atoms with Crippen LogP contribution in [0.25, 0.3) is 66.1 Å². The number of rotatable bonds is 15. The minimum atomic E-state index is -0.0281. The van der Waals surface area contributed by atoms with Gasteiger partial charge in [-0.25, -0.2) is 0 Å². The van der Waals surface area contributed by atoms with Gasteiger partial charge in [0.05, 0.1) is 13.2 Å². The van der Waals surface area contributed by atoms with E-state index >= 15 is 0 Å². The van der Waals surface area contributed by atoms with Gasteiger partial charge in [-0.15, -0.1) is 6.58 Å².